The average Bonchev–Trinajstić information content (AvgIpc) is 2.37. The summed E-state index contributed by atoms with van der Waals surface area (Å²) in [5.41, 5.74) is 7.85. The largest absolute Gasteiger partial charge is 0.397 e. The van der Waals surface area contributed by atoms with Gasteiger partial charge in [0.15, 0.2) is 0 Å². The van der Waals surface area contributed by atoms with Gasteiger partial charge in [-0.3, -0.25) is 0 Å². The molecule has 0 spiro atoms. The summed E-state index contributed by atoms with van der Waals surface area (Å²) in [6.45, 7) is 5.54. The minimum atomic E-state index is 0.730. The zero-order valence-corrected chi connectivity index (χ0v) is 12.5. The molecule has 3 heteroatoms. The summed E-state index contributed by atoms with van der Waals surface area (Å²) >= 11 is 6.03. The van der Waals surface area contributed by atoms with Crippen LogP contribution < -0.4 is 10.6 Å². The Balaban J connectivity index is 2.67. The van der Waals surface area contributed by atoms with Crippen molar-refractivity contribution in [1.82, 2.24) is 0 Å². The van der Waals surface area contributed by atoms with E-state index in [2.05, 4.69) is 25.8 Å². The van der Waals surface area contributed by atoms with Gasteiger partial charge in [0.25, 0.3) is 0 Å². The maximum absolute atomic E-state index is 6.03. The topological polar surface area (TPSA) is 29.3 Å². The molecular weight excluding hydrogens is 244 g/mol. The van der Waals surface area contributed by atoms with Crippen LogP contribution in [-0.4, -0.2) is 13.6 Å². The highest BCUT2D eigenvalue weighted by molar-refractivity contribution is 6.31. The predicted octanol–water partition coefficient (Wildman–Crippen LogP) is 4.57. The number of rotatable bonds is 7. The van der Waals surface area contributed by atoms with Gasteiger partial charge in [-0.25, -0.2) is 0 Å². The van der Waals surface area contributed by atoms with Crippen molar-refractivity contribution in [2.45, 2.75) is 39.5 Å². The first kappa shape index (κ1) is 15.2. The van der Waals surface area contributed by atoms with Crippen molar-refractivity contribution in [3.63, 3.8) is 0 Å². The van der Waals surface area contributed by atoms with E-state index in [1.807, 2.05) is 18.2 Å². The molecule has 0 aliphatic heterocycles. The molecule has 0 saturated heterocycles. The summed E-state index contributed by atoms with van der Waals surface area (Å²) in [6, 6.07) is 5.66. The molecule has 1 aromatic rings. The first-order valence-electron chi connectivity index (χ1n) is 6.84. The second kappa shape index (κ2) is 7.52. The van der Waals surface area contributed by atoms with E-state index in [1.165, 1.54) is 25.7 Å². The van der Waals surface area contributed by atoms with E-state index in [0.717, 1.165) is 28.9 Å². The molecule has 1 unspecified atom stereocenters. The van der Waals surface area contributed by atoms with Crippen LogP contribution in [0.1, 0.15) is 39.5 Å². The van der Waals surface area contributed by atoms with Crippen molar-refractivity contribution in [1.29, 1.82) is 0 Å². The molecule has 2 N–H and O–H groups in total. The van der Waals surface area contributed by atoms with Gasteiger partial charge in [-0.1, -0.05) is 44.7 Å². The van der Waals surface area contributed by atoms with Crippen LogP contribution in [0.15, 0.2) is 18.2 Å². The summed E-state index contributed by atoms with van der Waals surface area (Å²) in [4.78, 5) is 2.23. The fraction of sp³-hybridized carbons (Fsp3) is 0.600. The first-order chi connectivity index (χ1) is 8.58. The standard InChI is InChI=1S/C15H25ClN2/c1-4-6-7-12(5-2)11-18(3)15-10-13(16)8-9-14(15)17/h8-10,12H,4-7,11,17H2,1-3H3. The van der Waals surface area contributed by atoms with Gasteiger partial charge in [0.1, 0.15) is 0 Å². The highest BCUT2D eigenvalue weighted by atomic mass is 35.5. The molecule has 1 atom stereocenters. The first-order valence-corrected chi connectivity index (χ1v) is 7.22. The molecule has 0 aliphatic carbocycles. The van der Waals surface area contributed by atoms with E-state index in [-0.39, 0.29) is 0 Å². The quantitative estimate of drug-likeness (QED) is 0.734. The van der Waals surface area contributed by atoms with E-state index in [1.54, 1.807) is 0 Å². The molecular formula is C15H25ClN2. The van der Waals surface area contributed by atoms with Crippen LogP contribution in [0, 0.1) is 5.92 Å². The number of nitrogens with zero attached hydrogens (tertiary/aromatic N) is 1. The molecule has 0 heterocycles. The minimum absolute atomic E-state index is 0.730. The second-order valence-corrected chi connectivity index (χ2v) is 5.44. The number of hydrogen-bond acceptors (Lipinski definition) is 2. The van der Waals surface area contributed by atoms with E-state index in [4.69, 9.17) is 17.3 Å². The monoisotopic (exact) mass is 268 g/mol. The van der Waals surface area contributed by atoms with Crippen LogP contribution in [0.3, 0.4) is 0 Å². The number of nitrogens with two attached hydrogens (primary N) is 1. The Morgan fingerprint density at radius 1 is 1.33 bits per heavy atom. The second-order valence-electron chi connectivity index (χ2n) is 5.00. The lowest BCUT2D eigenvalue weighted by atomic mass is 9.98. The molecule has 0 radical (unpaired) electrons. The summed E-state index contributed by atoms with van der Waals surface area (Å²) < 4.78 is 0. The fourth-order valence-corrected chi connectivity index (χ4v) is 2.42. The average molecular weight is 269 g/mol. The molecule has 0 aliphatic rings. The Labute approximate surface area is 116 Å². The molecule has 102 valence electrons. The van der Waals surface area contributed by atoms with Gasteiger partial charge < -0.3 is 10.6 Å². The molecule has 2 nitrogen and oxygen atoms in total. The van der Waals surface area contributed by atoms with Crippen molar-refractivity contribution >= 4 is 23.0 Å². The number of hydrogen-bond donors (Lipinski definition) is 1. The third-order valence-corrected chi connectivity index (χ3v) is 3.71. The molecule has 0 bridgehead atoms. The summed E-state index contributed by atoms with van der Waals surface area (Å²) in [5.74, 6) is 0.730. The van der Waals surface area contributed by atoms with Gasteiger partial charge >= 0.3 is 0 Å². The van der Waals surface area contributed by atoms with Gasteiger partial charge in [-0.2, -0.15) is 0 Å². The van der Waals surface area contributed by atoms with Crippen LogP contribution >= 0.6 is 11.6 Å². The highest BCUT2D eigenvalue weighted by Gasteiger charge is 2.12. The lowest BCUT2D eigenvalue weighted by Gasteiger charge is -2.26. The van der Waals surface area contributed by atoms with E-state index >= 15 is 0 Å². The molecule has 0 saturated carbocycles. The van der Waals surface area contributed by atoms with Crippen LogP contribution in [0.2, 0.25) is 5.02 Å². The Morgan fingerprint density at radius 3 is 2.67 bits per heavy atom. The predicted molar refractivity (Wildman–Crippen MR) is 82.4 cm³/mol. The molecule has 1 aromatic carbocycles. The smallest absolute Gasteiger partial charge is 0.0612 e. The lowest BCUT2D eigenvalue weighted by molar-refractivity contribution is 0.454. The number of benzene rings is 1. The van der Waals surface area contributed by atoms with E-state index in [9.17, 15) is 0 Å². The number of unbranched alkanes of at least 4 members (excludes halogenated alkanes) is 1. The van der Waals surface area contributed by atoms with Gasteiger partial charge in [0.2, 0.25) is 0 Å². The minimum Gasteiger partial charge on any atom is -0.397 e. The maximum Gasteiger partial charge on any atom is 0.0612 e. The Hall–Kier alpha value is -0.890. The third-order valence-electron chi connectivity index (χ3n) is 3.48. The number of nitrogen functional groups attached to an aromatic ring is 1. The van der Waals surface area contributed by atoms with Crippen molar-refractivity contribution in [2.75, 3.05) is 24.2 Å². The zero-order valence-electron chi connectivity index (χ0n) is 11.7. The van der Waals surface area contributed by atoms with Crippen LogP contribution in [0.4, 0.5) is 11.4 Å². The summed E-state index contributed by atoms with van der Waals surface area (Å²) in [5, 5.41) is 0.743. The van der Waals surface area contributed by atoms with Crippen LogP contribution in [-0.2, 0) is 0 Å². The zero-order chi connectivity index (χ0) is 13.5. The lowest BCUT2D eigenvalue weighted by Crippen LogP contribution is -2.26. The fourth-order valence-electron chi connectivity index (χ4n) is 2.25. The number of halogens is 1. The van der Waals surface area contributed by atoms with E-state index in [0.29, 0.717) is 0 Å². The molecule has 0 fully saturated rings. The van der Waals surface area contributed by atoms with Gasteiger partial charge in [-0.15, -0.1) is 0 Å². The van der Waals surface area contributed by atoms with Gasteiger partial charge in [-0.05, 0) is 30.5 Å². The Morgan fingerprint density at radius 2 is 2.06 bits per heavy atom. The van der Waals surface area contributed by atoms with Gasteiger partial charge in [0.05, 0.1) is 11.4 Å². The number of anilines is 2. The molecule has 18 heavy (non-hydrogen) atoms. The molecule has 0 aromatic heterocycles. The van der Waals surface area contributed by atoms with Crippen molar-refractivity contribution in [3.05, 3.63) is 23.2 Å². The highest BCUT2D eigenvalue weighted by Crippen LogP contribution is 2.27. The van der Waals surface area contributed by atoms with Crippen LogP contribution in [0.5, 0.6) is 0 Å². The van der Waals surface area contributed by atoms with Gasteiger partial charge in [0, 0.05) is 18.6 Å². The molecule has 0 amide bonds. The SMILES string of the molecule is CCCCC(CC)CN(C)c1cc(Cl)ccc1N. The summed E-state index contributed by atoms with van der Waals surface area (Å²) in [7, 11) is 2.09. The van der Waals surface area contributed by atoms with Crippen molar-refractivity contribution < 1.29 is 0 Å². The third kappa shape index (κ3) is 4.41. The Kier molecular flexibility index (Phi) is 6.34. The maximum atomic E-state index is 6.03. The van der Waals surface area contributed by atoms with Crippen molar-refractivity contribution in [3.8, 4) is 0 Å². The van der Waals surface area contributed by atoms with E-state index < -0.39 is 0 Å². The molecule has 1 rings (SSSR count). The van der Waals surface area contributed by atoms with Crippen LogP contribution in [0.25, 0.3) is 0 Å². The Bertz CT molecular complexity index is 366. The van der Waals surface area contributed by atoms with Crippen molar-refractivity contribution in [2.24, 2.45) is 5.92 Å². The summed E-state index contributed by atoms with van der Waals surface area (Å²) in [6.07, 6.45) is 5.07. The normalized spacial score (nSPS) is 12.4.